The van der Waals surface area contributed by atoms with Crippen molar-refractivity contribution in [2.24, 2.45) is 10.8 Å². The number of amides is 1. The predicted octanol–water partition coefficient (Wildman–Crippen LogP) is 5.60. The predicted molar refractivity (Wildman–Crippen MR) is 123 cm³/mol. The normalized spacial score (nSPS) is 24.3. The lowest BCUT2D eigenvalue weighted by Crippen LogP contribution is -2.37. The first-order valence-electron chi connectivity index (χ1n) is 11.1. The second-order valence-electron chi connectivity index (χ2n) is 10.7. The van der Waals surface area contributed by atoms with Crippen molar-refractivity contribution in [2.45, 2.75) is 52.6 Å². The van der Waals surface area contributed by atoms with Gasteiger partial charge >= 0.3 is 0 Å². The van der Waals surface area contributed by atoms with Gasteiger partial charge in [-0.15, -0.1) is 0 Å². The van der Waals surface area contributed by atoms with E-state index >= 15 is 0 Å². The van der Waals surface area contributed by atoms with Gasteiger partial charge in [0.1, 0.15) is 0 Å². The molecule has 1 aromatic heterocycles. The zero-order valence-corrected chi connectivity index (χ0v) is 18.6. The Bertz CT molecular complexity index is 1200. The second kappa shape index (κ2) is 6.99. The van der Waals surface area contributed by atoms with Crippen molar-refractivity contribution in [1.29, 1.82) is 5.26 Å². The molecule has 5 rings (SSSR count). The van der Waals surface area contributed by atoms with Crippen LogP contribution in [-0.2, 0) is 6.54 Å². The molecular formula is C27H29N3O. The average molecular weight is 412 g/mol. The van der Waals surface area contributed by atoms with Crippen LogP contribution in [0.5, 0.6) is 0 Å². The Kier molecular flexibility index (Phi) is 4.48. The molecule has 1 aliphatic carbocycles. The van der Waals surface area contributed by atoms with E-state index in [1.165, 1.54) is 6.42 Å². The summed E-state index contributed by atoms with van der Waals surface area (Å²) < 4.78 is 2.19. The molecule has 2 aliphatic rings. The van der Waals surface area contributed by atoms with Crippen LogP contribution in [0.15, 0.2) is 54.7 Å². The zero-order chi connectivity index (χ0) is 21.8. The van der Waals surface area contributed by atoms with Crippen molar-refractivity contribution in [3.63, 3.8) is 0 Å². The highest BCUT2D eigenvalue weighted by Gasteiger charge is 2.51. The molecule has 2 unspecified atom stereocenters. The summed E-state index contributed by atoms with van der Waals surface area (Å²) in [5.41, 5.74) is 4.28. The van der Waals surface area contributed by atoms with E-state index in [1.54, 1.807) is 0 Å². The second-order valence-corrected chi connectivity index (χ2v) is 10.7. The standard InChI is InChI=1S/C27H29N3O/c1-26(2)13-23-14-27(3,17-26)18-30(23)25(31)22-8-9-24-21(12-22)10-11-29(24)16-20-6-4-19(15-28)5-7-20/h4-12,23H,13-14,16-18H2,1-3H3. The van der Waals surface area contributed by atoms with Crippen LogP contribution >= 0.6 is 0 Å². The van der Waals surface area contributed by atoms with Crippen molar-refractivity contribution >= 4 is 16.8 Å². The monoisotopic (exact) mass is 411 g/mol. The Morgan fingerprint density at radius 3 is 2.61 bits per heavy atom. The average Bonchev–Trinajstić information content (AvgIpc) is 3.24. The number of fused-ring (bicyclic) bond motifs is 3. The summed E-state index contributed by atoms with van der Waals surface area (Å²) in [6.07, 6.45) is 5.49. The summed E-state index contributed by atoms with van der Waals surface area (Å²) in [6.45, 7) is 8.64. The lowest BCUT2D eigenvalue weighted by molar-refractivity contribution is 0.0708. The molecule has 2 atom stereocenters. The van der Waals surface area contributed by atoms with Gasteiger partial charge in [-0.05, 0) is 72.1 Å². The van der Waals surface area contributed by atoms with Gasteiger partial charge in [-0.2, -0.15) is 5.26 Å². The number of carbonyl (C=O) groups is 1. The minimum atomic E-state index is 0.174. The Morgan fingerprint density at radius 1 is 1.10 bits per heavy atom. The molecule has 4 heteroatoms. The maximum absolute atomic E-state index is 13.4. The first-order chi connectivity index (χ1) is 14.8. The van der Waals surface area contributed by atoms with Crippen molar-refractivity contribution in [1.82, 2.24) is 9.47 Å². The van der Waals surface area contributed by atoms with Crippen LogP contribution in [-0.4, -0.2) is 28.0 Å². The number of aromatic nitrogens is 1. The zero-order valence-electron chi connectivity index (χ0n) is 18.6. The van der Waals surface area contributed by atoms with Crippen LogP contribution in [0.25, 0.3) is 10.9 Å². The molecule has 2 heterocycles. The molecule has 0 N–H and O–H groups in total. The lowest BCUT2D eigenvalue weighted by Gasteiger charge is -2.39. The van der Waals surface area contributed by atoms with E-state index in [4.69, 9.17) is 5.26 Å². The largest absolute Gasteiger partial charge is 0.343 e. The summed E-state index contributed by atoms with van der Waals surface area (Å²) in [6, 6.07) is 18.4. The topological polar surface area (TPSA) is 49.0 Å². The van der Waals surface area contributed by atoms with Gasteiger partial charge in [-0.3, -0.25) is 4.79 Å². The Labute approximate surface area is 184 Å². The molecule has 1 amide bonds. The molecule has 1 aliphatic heterocycles. The smallest absolute Gasteiger partial charge is 0.254 e. The van der Waals surface area contributed by atoms with Crippen LogP contribution < -0.4 is 0 Å². The molecule has 4 nitrogen and oxygen atoms in total. The van der Waals surface area contributed by atoms with Crippen molar-refractivity contribution in [3.8, 4) is 6.07 Å². The van der Waals surface area contributed by atoms with E-state index in [0.717, 1.165) is 48.0 Å². The summed E-state index contributed by atoms with van der Waals surface area (Å²) in [7, 11) is 0. The van der Waals surface area contributed by atoms with Crippen LogP contribution in [0.2, 0.25) is 0 Å². The first kappa shape index (κ1) is 19.9. The van der Waals surface area contributed by atoms with Gasteiger partial charge in [-0.1, -0.05) is 32.9 Å². The number of carbonyl (C=O) groups excluding carboxylic acids is 1. The van der Waals surface area contributed by atoms with E-state index in [1.807, 2.05) is 36.4 Å². The Morgan fingerprint density at radius 2 is 1.87 bits per heavy atom. The highest BCUT2D eigenvalue weighted by molar-refractivity contribution is 5.98. The number of nitriles is 1. The summed E-state index contributed by atoms with van der Waals surface area (Å²) in [4.78, 5) is 15.6. The van der Waals surface area contributed by atoms with Crippen LogP contribution in [0.1, 0.15) is 61.5 Å². The third kappa shape index (κ3) is 3.63. The van der Waals surface area contributed by atoms with Crippen LogP contribution in [0, 0.1) is 22.2 Å². The number of rotatable bonds is 3. The third-order valence-corrected chi connectivity index (χ3v) is 7.13. The lowest BCUT2D eigenvalue weighted by atomic mass is 9.65. The third-order valence-electron chi connectivity index (χ3n) is 7.13. The molecule has 2 bridgehead atoms. The van der Waals surface area contributed by atoms with Crippen molar-refractivity contribution < 1.29 is 4.79 Å². The molecule has 31 heavy (non-hydrogen) atoms. The molecule has 2 aromatic carbocycles. The number of hydrogen-bond donors (Lipinski definition) is 0. The molecule has 3 aromatic rings. The van der Waals surface area contributed by atoms with Crippen molar-refractivity contribution in [3.05, 3.63) is 71.4 Å². The maximum Gasteiger partial charge on any atom is 0.254 e. The molecule has 0 spiro atoms. The summed E-state index contributed by atoms with van der Waals surface area (Å²) in [5.74, 6) is 0.174. The van der Waals surface area contributed by atoms with Gasteiger partial charge in [-0.25, -0.2) is 0 Å². The Balaban J connectivity index is 1.38. The van der Waals surface area contributed by atoms with E-state index in [0.29, 0.717) is 17.0 Å². The molecule has 1 saturated heterocycles. The van der Waals surface area contributed by atoms with Gasteiger partial charge in [0.05, 0.1) is 11.6 Å². The van der Waals surface area contributed by atoms with Crippen LogP contribution in [0.4, 0.5) is 0 Å². The van der Waals surface area contributed by atoms with E-state index in [-0.39, 0.29) is 11.3 Å². The summed E-state index contributed by atoms with van der Waals surface area (Å²) >= 11 is 0. The van der Waals surface area contributed by atoms with E-state index in [2.05, 4.69) is 54.6 Å². The first-order valence-corrected chi connectivity index (χ1v) is 11.1. The molecule has 1 saturated carbocycles. The fourth-order valence-corrected chi connectivity index (χ4v) is 6.22. The molecular weight excluding hydrogens is 382 g/mol. The van der Waals surface area contributed by atoms with Gasteiger partial charge in [0.25, 0.3) is 5.91 Å². The Hall–Kier alpha value is -3.06. The SMILES string of the molecule is CC1(C)CC2CC(C)(CN2C(=O)c2ccc3c(ccn3Cc3ccc(C#N)cc3)c2)C1. The fraction of sp³-hybridized carbons (Fsp3) is 0.407. The number of hydrogen-bond acceptors (Lipinski definition) is 2. The number of benzene rings is 2. The van der Waals surface area contributed by atoms with E-state index < -0.39 is 0 Å². The number of nitrogens with zero attached hydrogens (tertiary/aromatic N) is 3. The summed E-state index contributed by atoms with van der Waals surface area (Å²) in [5, 5.41) is 10.1. The quantitative estimate of drug-likeness (QED) is 0.563. The minimum absolute atomic E-state index is 0.174. The highest BCUT2D eigenvalue weighted by Crippen LogP contribution is 2.52. The fourth-order valence-electron chi connectivity index (χ4n) is 6.22. The van der Waals surface area contributed by atoms with E-state index in [9.17, 15) is 4.79 Å². The van der Waals surface area contributed by atoms with Gasteiger partial charge in [0, 0.05) is 41.8 Å². The minimum Gasteiger partial charge on any atom is -0.343 e. The van der Waals surface area contributed by atoms with Gasteiger partial charge in [0.2, 0.25) is 0 Å². The highest BCUT2D eigenvalue weighted by atomic mass is 16.2. The molecule has 158 valence electrons. The molecule has 0 radical (unpaired) electrons. The van der Waals surface area contributed by atoms with Crippen molar-refractivity contribution in [2.75, 3.05) is 6.54 Å². The maximum atomic E-state index is 13.4. The van der Waals surface area contributed by atoms with Crippen LogP contribution in [0.3, 0.4) is 0 Å². The van der Waals surface area contributed by atoms with Gasteiger partial charge < -0.3 is 9.47 Å². The van der Waals surface area contributed by atoms with Gasteiger partial charge in [0.15, 0.2) is 0 Å². The number of likely N-dealkylation sites (tertiary alicyclic amines) is 1. The molecule has 2 fully saturated rings.